The molecule has 18 heavy (non-hydrogen) atoms. The van der Waals surface area contributed by atoms with Crippen molar-refractivity contribution in [1.29, 1.82) is 0 Å². The van der Waals surface area contributed by atoms with Crippen LogP contribution in [0.5, 0.6) is 5.75 Å². The van der Waals surface area contributed by atoms with Gasteiger partial charge in [0.25, 0.3) is 0 Å². The monoisotopic (exact) mass is 249 g/mol. The van der Waals surface area contributed by atoms with Crippen molar-refractivity contribution < 1.29 is 14.3 Å². The standard InChI is InChI=1S/C14H19NO3/c1-3-6-17-12-7-11(8-15-9-12)14(16)13-5-4-10(2)18-13/h7-10,13H,3-6H2,1-2H3. The third-order valence-corrected chi connectivity index (χ3v) is 2.99. The Morgan fingerprint density at radius 2 is 2.33 bits per heavy atom. The molecular weight excluding hydrogens is 230 g/mol. The van der Waals surface area contributed by atoms with Crippen LogP contribution in [0.2, 0.25) is 0 Å². The third-order valence-electron chi connectivity index (χ3n) is 2.99. The molecule has 0 aliphatic carbocycles. The highest BCUT2D eigenvalue weighted by molar-refractivity contribution is 5.99. The average Bonchev–Trinajstić information content (AvgIpc) is 2.82. The molecule has 1 aromatic rings. The molecular formula is C14H19NO3. The fraction of sp³-hybridized carbons (Fsp3) is 0.571. The number of nitrogens with zero attached hydrogens (tertiary/aromatic N) is 1. The van der Waals surface area contributed by atoms with Gasteiger partial charge in [-0.25, -0.2) is 0 Å². The molecule has 2 heterocycles. The SMILES string of the molecule is CCCOc1cncc(C(=O)C2CCC(C)O2)c1. The summed E-state index contributed by atoms with van der Waals surface area (Å²) in [6.45, 7) is 4.67. The van der Waals surface area contributed by atoms with Crippen molar-refractivity contribution in [2.75, 3.05) is 6.61 Å². The van der Waals surface area contributed by atoms with Crippen molar-refractivity contribution in [3.05, 3.63) is 24.0 Å². The van der Waals surface area contributed by atoms with Gasteiger partial charge in [-0.3, -0.25) is 9.78 Å². The van der Waals surface area contributed by atoms with Gasteiger partial charge in [0.1, 0.15) is 11.9 Å². The van der Waals surface area contributed by atoms with E-state index in [0.29, 0.717) is 17.9 Å². The average molecular weight is 249 g/mol. The molecule has 4 heteroatoms. The van der Waals surface area contributed by atoms with Crippen molar-refractivity contribution in [3.8, 4) is 5.75 Å². The van der Waals surface area contributed by atoms with Crippen LogP contribution in [0.1, 0.15) is 43.5 Å². The lowest BCUT2D eigenvalue weighted by molar-refractivity contribution is 0.0433. The number of hydrogen-bond donors (Lipinski definition) is 0. The molecule has 1 fully saturated rings. The molecule has 0 N–H and O–H groups in total. The lowest BCUT2D eigenvalue weighted by Gasteiger charge is -2.11. The minimum Gasteiger partial charge on any atom is -0.492 e. The van der Waals surface area contributed by atoms with Crippen LogP contribution in [-0.2, 0) is 4.74 Å². The summed E-state index contributed by atoms with van der Waals surface area (Å²) >= 11 is 0. The first-order valence-corrected chi connectivity index (χ1v) is 6.48. The number of carbonyl (C=O) groups is 1. The Hall–Kier alpha value is -1.42. The van der Waals surface area contributed by atoms with E-state index in [9.17, 15) is 4.79 Å². The van der Waals surface area contributed by atoms with Gasteiger partial charge >= 0.3 is 0 Å². The van der Waals surface area contributed by atoms with E-state index in [0.717, 1.165) is 19.3 Å². The first-order valence-electron chi connectivity index (χ1n) is 6.48. The third kappa shape index (κ3) is 3.07. The molecule has 1 aromatic heterocycles. The highest BCUT2D eigenvalue weighted by atomic mass is 16.5. The second-order valence-corrected chi connectivity index (χ2v) is 4.63. The molecule has 1 saturated heterocycles. The molecule has 0 bridgehead atoms. The normalized spacial score (nSPS) is 23.0. The number of ketones is 1. The van der Waals surface area contributed by atoms with Gasteiger partial charge in [-0.15, -0.1) is 0 Å². The summed E-state index contributed by atoms with van der Waals surface area (Å²) < 4.78 is 11.1. The van der Waals surface area contributed by atoms with Crippen LogP contribution in [0.4, 0.5) is 0 Å². The van der Waals surface area contributed by atoms with Crippen LogP contribution < -0.4 is 4.74 Å². The van der Waals surface area contributed by atoms with Gasteiger partial charge in [-0.2, -0.15) is 0 Å². The predicted molar refractivity (Wildman–Crippen MR) is 67.9 cm³/mol. The number of Topliss-reactive ketones (excluding diaryl/α,β-unsaturated/α-hetero) is 1. The number of carbonyl (C=O) groups excluding carboxylic acids is 1. The van der Waals surface area contributed by atoms with E-state index in [1.807, 2.05) is 13.8 Å². The van der Waals surface area contributed by atoms with E-state index >= 15 is 0 Å². The van der Waals surface area contributed by atoms with Crippen molar-refractivity contribution in [2.24, 2.45) is 0 Å². The molecule has 0 amide bonds. The second kappa shape index (κ2) is 5.96. The maximum absolute atomic E-state index is 12.2. The fourth-order valence-electron chi connectivity index (χ4n) is 2.03. The lowest BCUT2D eigenvalue weighted by Crippen LogP contribution is -2.21. The Bertz CT molecular complexity index is 419. The Morgan fingerprint density at radius 3 is 3.00 bits per heavy atom. The summed E-state index contributed by atoms with van der Waals surface area (Å²) in [6.07, 6.45) is 5.73. The quantitative estimate of drug-likeness (QED) is 0.753. The predicted octanol–water partition coefficient (Wildman–Crippen LogP) is 2.62. The molecule has 0 radical (unpaired) electrons. The molecule has 1 aliphatic heterocycles. The Balaban J connectivity index is 2.05. The van der Waals surface area contributed by atoms with Crippen molar-refractivity contribution in [3.63, 3.8) is 0 Å². The van der Waals surface area contributed by atoms with Crippen molar-refractivity contribution in [2.45, 2.75) is 45.3 Å². The summed E-state index contributed by atoms with van der Waals surface area (Å²) in [5, 5.41) is 0. The van der Waals surface area contributed by atoms with Crippen LogP contribution in [-0.4, -0.2) is 29.6 Å². The minimum atomic E-state index is -0.316. The van der Waals surface area contributed by atoms with Crippen LogP contribution in [0.25, 0.3) is 0 Å². The van der Waals surface area contributed by atoms with E-state index in [1.54, 1.807) is 18.5 Å². The zero-order valence-corrected chi connectivity index (χ0v) is 10.9. The lowest BCUT2D eigenvalue weighted by atomic mass is 10.1. The van der Waals surface area contributed by atoms with Gasteiger partial charge in [0.15, 0.2) is 5.78 Å². The molecule has 1 aliphatic rings. The number of aromatic nitrogens is 1. The molecule has 0 spiro atoms. The molecule has 2 rings (SSSR count). The van der Waals surface area contributed by atoms with Gasteiger partial charge in [0, 0.05) is 11.8 Å². The van der Waals surface area contributed by atoms with Gasteiger partial charge in [-0.1, -0.05) is 6.92 Å². The molecule has 98 valence electrons. The van der Waals surface area contributed by atoms with Crippen molar-refractivity contribution >= 4 is 5.78 Å². The fourth-order valence-corrected chi connectivity index (χ4v) is 2.03. The smallest absolute Gasteiger partial charge is 0.193 e. The summed E-state index contributed by atoms with van der Waals surface area (Å²) in [5.41, 5.74) is 0.572. The summed E-state index contributed by atoms with van der Waals surface area (Å²) in [4.78, 5) is 16.2. The topological polar surface area (TPSA) is 48.4 Å². The Labute approximate surface area is 107 Å². The summed E-state index contributed by atoms with van der Waals surface area (Å²) in [7, 11) is 0. The van der Waals surface area contributed by atoms with Gasteiger partial charge in [0.05, 0.1) is 18.9 Å². The summed E-state index contributed by atoms with van der Waals surface area (Å²) in [5.74, 6) is 0.655. The van der Waals surface area contributed by atoms with E-state index in [-0.39, 0.29) is 18.0 Å². The molecule has 2 atom stereocenters. The van der Waals surface area contributed by atoms with Crippen LogP contribution in [0, 0.1) is 0 Å². The highest BCUT2D eigenvalue weighted by Gasteiger charge is 2.29. The van der Waals surface area contributed by atoms with E-state index in [1.165, 1.54) is 0 Å². The number of rotatable bonds is 5. The minimum absolute atomic E-state index is 0.00815. The van der Waals surface area contributed by atoms with E-state index in [4.69, 9.17) is 9.47 Å². The van der Waals surface area contributed by atoms with Gasteiger partial charge in [0.2, 0.25) is 0 Å². The van der Waals surface area contributed by atoms with Crippen molar-refractivity contribution in [1.82, 2.24) is 4.98 Å². The summed E-state index contributed by atoms with van der Waals surface area (Å²) in [6, 6.07) is 1.75. The number of pyridine rings is 1. The Kier molecular flexibility index (Phi) is 4.31. The molecule has 2 unspecified atom stereocenters. The van der Waals surface area contributed by atoms with Crippen LogP contribution in [0.15, 0.2) is 18.5 Å². The first-order chi connectivity index (χ1) is 8.70. The molecule has 0 aromatic carbocycles. The largest absolute Gasteiger partial charge is 0.492 e. The maximum Gasteiger partial charge on any atom is 0.193 e. The van der Waals surface area contributed by atoms with E-state index in [2.05, 4.69) is 4.98 Å². The first kappa shape index (κ1) is 13.0. The molecule has 0 saturated carbocycles. The Morgan fingerprint density at radius 1 is 1.50 bits per heavy atom. The molecule has 4 nitrogen and oxygen atoms in total. The zero-order chi connectivity index (χ0) is 13.0. The number of ether oxygens (including phenoxy) is 2. The van der Waals surface area contributed by atoms with E-state index < -0.39 is 0 Å². The highest BCUT2D eigenvalue weighted by Crippen LogP contribution is 2.23. The van der Waals surface area contributed by atoms with Gasteiger partial charge in [-0.05, 0) is 32.3 Å². The zero-order valence-electron chi connectivity index (χ0n) is 10.9. The van der Waals surface area contributed by atoms with Crippen LogP contribution >= 0.6 is 0 Å². The maximum atomic E-state index is 12.2. The van der Waals surface area contributed by atoms with Crippen LogP contribution in [0.3, 0.4) is 0 Å². The number of hydrogen-bond acceptors (Lipinski definition) is 4. The van der Waals surface area contributed by atoms with Gasteiger partial charge < -0.3 is 9.47 Å². The second-order valence-electron chi connectivity index (χ2n) is 4.63.